The van der Waals surface area contributed by atoms with Gasteiger partial charge in [0.1, 0.15) is 5.75 Å². The molecule has 0 amide bonds. The van der Waals surface area contributed by atoms with Gasteiger partial charge in [0.05, 0.1) is 10.4 Å². The van der Waals surface area contributed by atoms with Crippen LogP contribution in [0.15, 0.2) is 36.4 Å². The Bertz CT molecular complexity index is 536. The minimum atomic E-state index is 0.211. The van der Waals surface area contributed by atoms with Crippen LogP contribution >= 0.6 is 22.9 Å². The number of rotatable bonds is 6. The number of ether oxygens (including phenoxy) is 1. The van der Waals surface area contributed by atoms with Crippen LogP contribution in [-0.4, -0.2) is 6.10 Å². The first-order valence-electron chi connectivity index (χ1n) is 6.79. The first-order chi connectivity index (χ1) is 9.54. The Morgan fingerprint density at radius 3 is 2.35 bits per heavy atom. The standard InChI is InChI=1S/C16H20ClNOS/c1-11(2)19-14-6-4-13(5-7-14)10-18-12(3)15-8-9-16(17)20-15/h4-9,11-12,18H,10H2,1-3H3. The van der Waals surface area contributed by atoms with Crippen molar-refractivity contribution in [1.82, 2.24) is 5.32 Å². The molecule has 0 bridgehead atoms. The molecule has 1 aromatic carbocycles. The summed E-state index contributed by atoms with van der Waals surface area (Å²) in [5.41, 5.74) is 1.25. The Labute approximate surface area is 129 Å². The number of nitrogens with one attached hydrogen (secondary N) is 1. The van der Waals surface area contributed by atoms with Gasteiger partial charge in [-0.3, -0.25) is 0 Å². The molecule has 1 unspecified atom stereocenters. The van der Waals surface area contributed by atoms with Gasteiger partial charge < -0.3 is 10.1 Å². The monoisotopic (exact) mass is 309 g/mol. The van der Waals surface area contributed by atoms with Crippen molar-refractivity contribution in [3.63, 3.8) is 0 Å². The molecule has 0 fully saturated rings. The molecule has 0 aliphatic rings. The Morgan fingerprint density at radius 2 is 1.80 bits per heavy atom. The van der Waals surface area contributed by atoms with Crippen LogP contribution in [0.4, 0.5) is 0 Å². The molecule has 0 aliphatic heterocycles. The summed E-state index contributed by atoms with van der Waals surface area (Å²) < 4.78 is 6.47. The van der Waals surface area contributed by atoms with Gasteiger partial charge >= 0.3 is 0 Å². The van der Waals surface area contributed by atoms with Crippen molar-refractivity contribution in [2.24, 2.45) is 0 Å². The minimum absolute atomic E-state index is 0.211. The highest BCUT2D eigenvalue weighted by Gasteiger charge is 2.07. The van der Waals surface area contributed by atoms with E-state index >= 15 is 0 Å². The number of halogens is 1. The number of hydrogen-bond donors (Lipinski definition) is 1. The van der Waals surface area contributed by atoms with E-state index in [2.05, 4.69) is 30.4 Å². The maximum Gasteiger partial charge on any atom is 0.119 e. The zero-order chi connectivity index (χ0) is 14.5. The number of thiophene rings is 1. The fourth-order valence-corrected chi connectivity index (χ4v) is 2.98. The molecule has 1 atom stereocenters. The van der Waals surface area contributed by atoms with E-state index in [0.717, 1.165) is 16.6 Å². The van der Waals surface area contributed by atoms with E-state index in [-0.39, 0.29) is 6.10 Å². The molecule has 0 aliphatic carbocycles. The van der Waals surface area contributed by atoms with Crippen molar-refractivity contribution >= 4 is 22.9 Å². The molecular formula is C16H20ClNOS. The molecule has 1 aromatic heterocycles. The van der Waals surface area contributed by atoms with Gasteiger partial charge in [0.2, 0.25) is 0 Å². The number of benzene rings is 1. The molecule has 4 heteroatoms. The molecule has 2 nitrogen and oxygen atoms in total. The summed E-state index contributed by atoms with van der Waals surface area (Å²) in [6, 6.07) is 12.5. The topological polar surface area (TPSA) is 21.3 Å². The van der Waals surface area contributed by atoms with Crippen molar-refractivity contribution < 1.29 is 4.74 Å². The largest absolute Gasteiger partial charge is 0.491 e. The van der Waals surface area contributed by atoms with Gasteiger partial charge in [-0.1, -0.05) is 23.7 Å². The molecule has 0 radical (unpaired) electrons. The average molecular weight is 310 g/mol. The molecular weight excluding hydrogens is 290 g/mol. The van der Waals surface area contributed by atoms with E-state index in [9.17, 15) is 0 Å². The lowest BCUT2D eigenvalue weighted by Crippen LogP contribution is -2.17. The molecule has 0 saturated heterocycles. The molecule has 1 heterocycles. The Morgan fingerprint density at radius 1 is 1.10 bits per heavy atom. The number of hydrogen-bond acceptors (Lipinski definition) is 3. The van der Waals surface area contributed by atoms with Gasteiger partial charge in [0.25, 0.3) is 0 Å². The summed E-state index contributed by atoms with van der Waals surface area (Å²) in [6.07, 6.45) is 0.211. The zero-order valence-electron chi connectivity index (χ0n) is 12.0. The molecule has 108 valence electrons. The van der Waals surface area contributed by atoms with Crippen molar-refractivity contribution in [1.29, 1.82) is 0 Å². The maximum atomic E-state index is 5.96. The van der Waals surface area contributed by atoms with Gasteiger partial charge in [0, 0.05) is 17.5 Å². The van der Waals surface area contributed by atoms with Crippen molar-refractivity contribution in [3.05, 3.63) is 51.2 Å². The van der Waals surface area contributed by atoms with Crippen molar-refractivity contribution in [2.45, 2.75) is 39.5 Å². The first-order valence-corrected chi connectivity index (χ1v) is 7.98. The Balaban J connectivity index is 1.87. The van der Waals surface area contributed by atoms with Gasteiger partial charge in [0.15, 0.2) is 0 Å². The molecule has 2 aromatic rings. The molecule has 0 saturated carbocycles. The van der Waals surface area contributed by atoms with Crippen LogP contribution < -0.4 is 10.1 Å². The van der Waals surface area contributed by atoms with Gasteiger partial charge in [-0.25, -0.2) is 0 Å². The van der Waals surface area contributed by atoms with Crippen LogP contribution in [0, 0.1) is 0 Å². The lowest BCUT2D eigenvalue weighted by atomic mass is 10.2. The van der Waals surface area contributed by atoms with Crippen LogP contribution in [-0.2, 0) is 6.54 Å². The van der Waals surface area contributed by atoms with Crippen LogP contribution in [0.3, 0.4) is 0 Å². The average Bonchev–Trinajstić information content (AvgIpc) is 2.84. The lowest BCUT2D eigenvalue weighted by molar-refractivity contribution is 0.242. The van der Waals surface area contributed by atoms with Crippen LogP contribution in [0.1, 0.15) is 37.3 Å². The highest BCUT2D eigenvalue weighted by molar-refractivity contribution is 7.16. The minimum Gasteiger partial charge on any atom is -0.491 e. The second-order valence-electron chi connectivity index (χ2n) is 5.06. The van der Waals surface area contributed by atoms with E-state index in [0.29, 0.717) is 6.04 Å². The smallest absolute Gasteiger partial charge is 0.119 e. The highest BCUT2D eigenvalue weighted by atomic mass is 35.5. The van der Waals surface area contributed by atoms with Gasteiger partial charge in [-0.15, -0.1) is 11.3 Å². The fraction of sp³-hybridized carbons (Fsp3) is 0.375. The third-order valence-corrected chi connectivity index (χ3v) is 4.34. The third kappa shape index (κ3) is 4.51. The summed E-state index contributed by atoms with van der Waals surface area (Å²) >= 11 is 7.58. The summed E-state index contributed by atoms with van der Waals surface area (Å²) in [5.74, 6) is 0.918. The van der Waals surface area contributed by atoms with Crippen molar-refractivity contribution in [3.8, 4) is 5.75 Å². The highest BCUT2D eigenvalue weighted by Crippen LogP contribution is 2.26. The normalized spacial score (nSPS) is 12.7. The predicted octanol–water partition coefficient (Wildman–Crippen LogP) is 5.04. The molecule has 1 N–H and O–H groups in total. The Kier molecular flexibility index (Phi) is 5.46. The quantitative estimate of drug-likeness (QED) is 0.807. The molecule has 20 heavy (non-hydrogen) atoms. The second-order valence-corrected chi connectivity index (χ2v) is 6.80. The van der Waals surface area contributed by atoms with Crippen LogP contribution in [0.5, 0.6) is 5.75 Å². The fourth-order valence-electron chi connectivity index (χ4n) is 1.89. The van der Waals surface area contributed by atoms with E-state index in [1.54, 1.807) is 11.3 Å². The predicted molar refractivity (Wildman–Crippen MR) is 86.8 cm³/mol. The maximum absolute atomic E-state index is 5.96. The first kappa shape index (κ1) is 15.4. The van der Waals surface area contributed by atoms with E-state index in [4.69, 9.17) is 16.3 Å². The summed E-state index contributed by atoms with van der Waals surface area (Å²) in [7, 11) is 0. The van der Waals surface area contributed by atoms with Crippen molar-refractivity contribution in [2.75, 3.05) is 0 Å². The van der Waals surface area contributed by atoms with Gasteiger partial charge in [-0.2, -0.15) is 0 Å². The summed E-state index contributed by atoms with van der Waals surface area (Å²) in [4.78, 5) is 1.26. The summed E-state index contributed by atoms with van der Waals surface area (Å²) in [6.45, 7) is 7.05. The van der Waals surface area contributed by atoms with Crippen LogP contribution in [0.2, 0.25) is 4.34 Å². The SMILES string of the molecule is CC(C)Oc1ccc(CNC(C)c2ccc(Cl)s2)cc1. The Hall–Kier alpha value is -1.03. The third-order valence-electron chi connectivity index (χ3n) is 2.93. The van der Waals surface area contributed by atoms with Crippen LogP contribution in [0.25, 0.3) is 0 Å². The summed E-state index contributed by atoms with van der Waals surface area (Å²) in [5, 5.41) is 3.50. The molecule has 2 rings (SSSR count). The van der Waals surface area contributed by atoms with Gasteiger partial charge in [-0.05, 0) is 50.6 Å². The zero-order valence-corrected chi connectivity index (χ0v) is 13.6. The van der Waals surface area contributed by atoms with E-state index < -0.39 is 0 Å². The van der Waals surface area contributed by atoms with E-state index in [1.165, 1.54) is 10.4 Å². The lowest BCUT2D eigenvalue weighted by Gasteiger charge is -2.13. The second kappa shape index (κ2) is 7.11. The molecule has 0 spiro atoms. The van der Waals surface area contributed by atoms with E-state index in [1.807, 2.05) is 32.0 Å².